The first-order chi connectivity index (χ1) is 9.22. The van der Waals surface area contributed by atoms with Gasteiger partial charge in [0.05, 0.1) is 16.3 Å². The van der Waals surface area contributed by atoms with Crippen LogP contribution in [0.2, 0.25) is 0 Å². The summed E-state index contributed by atoms with van der Waals surface area (Å²) in [7, 11) is -2.04. The lowest BCUT2D eigenvalue weighted by Crippen LogP contribution is -2.17. The predicted octanol–water partition coefficient (Wildman–Crippen LogP) is 1.73. The summed E-state index contributed by atoms with van der Waals surface area (Å²) in [5, 5.41) is 4.09. The monoisotopic (exact) mass is 294 g/mol. The van der Waals surface area contributed by atoms with Crippen LogP contribution in [-0.2, 0) is 17.1 Å². The lowest BCUT2D eigenvalue weighted by atomic mass is 10.2. The lowest BCUT2D eigenvalue weighted by Gasteiger charge is -2.11. The van der Waals surface area contributed by atoms with Crippen LogP contribution in [0.4, 0.5) is 11.5 Å². The van der Waals surface area contributed by atoms with E-state index in [2.05, 4.69) is 9.82 Å². The SMILES string of the molecule is Cc1ccc(S(=O)(=O)Nc2c(N)c(C)nn2C)c(C)c1. The number of rotatable bonds is 3. The fraction of sp³-hybridized carbons (Fsp3) is 0.308. The maximum atomic E-state index is 12.4. The number of hydrogen-bond acceptors (Lipinski definition) is 4. The Kier molecular flexibility index (Phi) is 3.47. The van der Waals surface area contributed by atoms with Gasteiger partial charge < -0.3 is 5.73 Å². The van der Waals surface area contributed by atoms with Crippen molar-refractivity contribution < 1.29 is 8.42 Å². The molecule has 2 aromatic rings. The minimum atomic E-state index is -3.68. The van der Waals surface area contributed by atoms with Gasteiger partial charge in [-0.05, 0) is 32.4 Å². The molecule has 0 unspecified atom stereocenters. The number of nitrogens with zero attached hydrogens (tertiary/aromatic N) is 2. The van der Waals surface area contributed by atoms with Crippen molar-refractivity contribution in [3.63, 3.8) is 0 Å². The zero-order chi connectivity index (χ0) is 15.1. The van der Waals surface area contributed by atoms with E-state index in [1.807, 2.05) is 13.0 Å². The van der Waals surface area contributed by atoms with E-state index >= 15 is 0 Å². The Morgan fingerprint density at radius 2 is 1.90 bits per heavy atom. The maximum absolute atomic E-state index is 12.4. The second kappa shape index (κ2) is 4.82. The molecule has 0 amide bonds. The molecule has 1 aromatic heterocycles. The zero-order valence-corrected chi connectivity index (χ0v) is 12.7. The molecule has 2 rings (SSSR count). The molecule has 3 N–H and O–H groups in total. The van der Waals surface area contributed by atoms with Gasteiger partial charge in [0.15, 0.2) is 5.82 Å². The number of nitrogens with one attached hydrogen (secondary N) is 1. The van der Waals surface area contributed by atoms with Crippen LogP contribution in [0.15, 0.2) is 23.1 Å². The van der Waals surface area contributed by atoms with Gasteiger partial charge in [0.1, 0.15) is 0 Å². The van der Waals surface area contributed by atoms with Crippen molar-refractivity contribution in [2.75, 3.05) is 10.5 Å². The van der Waals surface area contributed by atoms with E-state index in [0.717, 1.165) is 5.56 Å². The molecule has 0 aliphatic carbocycles. The zero-order valence-electron chi connectivity index (χ0n) is 11.9. The van der Waals surface area contributed by atoms with Crippen LogP contribution in [0.25, 0.3) is 0 Å². The maximum Gasteiger partial charge on any atom is 0.263 e. The molecular formula is C13H18N4O2S. The van der Waals surface area contributed by atoms with E-state index < -0.39 is 10.0 Å². The van der Waals surface area contributed by atoms with Gasteiger partial charge in [-0.1, -0.05) is 17.7 Å². The second-order valence-corrected chi connectivity index (χ2v) is 6.50. The van der Waals surface area contributed by atoms with Crippen molar-refractivity contribution in [3.8, 4) is 0 Å². The molecule has 0 bridgehead atoms. The van der Waals surface area contributed by atoms with Crippen molar-refractivity contribution in [3.05, 3.63) is 35.0 Å². The molecule has 1 heterocycles. The van der Waals surface area contributed by atoms with Gasteiger partial charge in [0.25, 0.3) is 10.0 Å². The number of aryl methyl sites for hydroxylation is 4. The van der Waals surface area contributed by atoms with Gasteiger partial charge in [-0.3, -0.25) is 4.72 Å². The van der Waals surface area contributed by atoms with Crippen molar-refractivity contribution in [1.82, 2.24) is 9.78 Å². The molecule has 108 valence electrons. The Bertz CT molecular complexity index is 763. The Balaban J connectivity index is 2.46. The molecule has 0 fully saturated rings. The average molecular weight is 294 g/mol. The standard InChI is InChI=1S/C13H18N4O2S/c1-8-5-6-11(9(2)7-8)20(18,19)16-13-12(14)10(3)15-17(13)4/h5-7,16H,14H2,1-4H3. The van der Waals surface area contributed by atoms with E-state index in [-0.39, 0.29) is 10.7 Å². The quantitative estimate of drug-likeness (QED) is 0.902. The summed E-state index contributed by atoms with van der Waals surface area (Å²) in [5.74, 6) is 0.280. The molecular weight excluding hydrogens is 276 g/mol. The largest absolute Gasteiger partial charge is 0.394 e. The molecule has 0 saturated carbocycles. The number of aromatic nitrogens is 2. The normalized spacial score (nSPS) is 11.6. The lowest BCUT2D eigenvalue weighted by molar-refractivity contribution is 0.599. The van der Waals surface area contributed by atoms with Gasteiger partial charge >= 0.3 is 0 Å². The predicted molar refractivity (Wildman–Crippen MR) is 79.1 cm³/mol. The summed E-state index contributed by atoms with van der Waals surface area (Å²) in [5.41, 5.74) is 8.46. The molecule has 1 aromatic carbocycles. The van der Waals surface area contributed by atoms with Crippen molar-refractivity contribution in [2.24, 2.45) is 7.05 Å². The van der Waals surface area contributed by atoms with Gasteiger partial charge in [0.2, 0.25) is 0 Å². The summed E-state index contributed by atoms with van der Waals surface area (Å²) in [6.45, 7) is 5.41. The molecule has 0 spiro atoms. The minimum absolute atomic E-state index is 0.237. The fourth-order valence-electron chi connectivity index (χ4n) is 2.08. The fourth-order valence-corrected chi connectivity index (χ4v) is 3.42. The summed E-state index contributed by atoms with van der Waals surface area (Å²) in [6.07, 6.45) is 0. The van der Waals surface area contributed by atoms with Crippen LogP contribution in [0.5, 0.6) is 0 Å². The summed E-state index contributed by atoms with van der Waals surface area (Å²) in [4.78, 5) is 0.237. The summed E-state index contributed by atoms with van der Waals surface area (Å²) < 4.78 is 28.8. The van der Waals surface area contributed by atoms with E-state index in [1.54, 1.807) is 33.0 Å². The third-order valence-electron chi connectivity index (χ3n) is 3.12. The smallest absolute Gasteiger partial charge is 0.263 e. The third kappa shape index (κ3) is 2.49. The first-order valence-electron chi connectivity index (χ1n) is 6.11. The molecule has 7 heteroatoms. The van der Waals surface area contributed by atoms with E-state index in [4.69, 9.17) is 5.73 Å². The van der Waals surface area contributed by atoms with Gasteiger partial charge in [-0.15, -0.1) is 0 Å². The number of hydrogen-bond donors (Lipinski definition) is 2. The summed E-state index contributed by atoms with van der Waals surface area (Å²) >= 11 is 0. The highest BCUT2D eigenvalue weighted by molar-refractivity contribution is 7.92. The number of nitrogens with two attached hydrogens (primary N) is 1. The highest BCUT2D eigenvalue weighted by Gasteiger charge is 2.21. The molecule has 0 aliphatic rings. The van der Waals surface area contributed by atoms with Gasteiger partial charge in [0, 0.05) is 7.05 Å². The van der Waals surface area contributed by atoms with Gasteiger partial charge in [-0.2, -0.15) is 5.10 Å². The van der Waals surface area contributed by atoms with Crippen LogP contribution < -0.4 is 10.5 Å². The van der Waals surface area contributed by atoms with E-state index in [9.17, 15) is 8.42 Å². The van der Waals surface area contributed by atoms with Crippen LogP contribution in [0.3, 0.4) is 0 Å². The average Bonchev–Trinajstić information content (AvgIpc) is 2.55. The van der Waals surface area contributed by atoms with Crippen molar-refractivity contribution in [1.29, 1.82) is 0 Å². The first-order valence-corrected chi connectivity index (χ1v) is 7.60. The number of benzene rings is 1. The number of sulfonamides is 1. The molecule has 0 atom stereocenters. The number of nitrogen functional groups attached to an aromatic ring is 1. The Labute approximate surface area is 118 Å². The minimum Gasteiger partial charge on any atom is -0.394 e. The number of anilines is 2. The Morgan fingerprint density at radius 1 is 1.25 bits per heavy atom. The first kappa shape index (κ1) is 14.4. The van der Waals surface area contributed by atoms with Gasteiger partial charge in [-0.25, -0.2) is 13.1 Å². The molecule has 0 radical (unpaired) electrons. The molecule has 0 saturated heterocycles. The van der Waals surface area contributed by atoms with Crippen LogP contribution >= 0.6 is 0 Å². The van der Waals surface area contributed by atoms with Crippen molar-refractivity contribution >= 4 is 21.5 Å². The third-order valence-corrected chi connectivity index (χ3v) is 4.62. The topological polar surface area (TPSA) is 90.0 Å². The van der Waals surface area contributed by atoms with Crippen LogP contribution in [-0.4, -0.2) is 18.2 Å². The van der Waals surface area contributed by atoms with Crippen LogP contribution in [0, 0.1) is 20.8 Å². The highest BCUT2D eigenvalue weighted by Crippen LogP contribution is 2.25. The highest BCUT2D eigenvalue weighted by atomic mass is 32.2. The Hall–Kier alpha value is -2.02. The molecule has 0 aliphatic heterocycles. The van der Waals surface area contributed by atoms with Crippen LogP contribution in [0.1, 0.15) is 16.8 Å². The van der Waals surface area contributed by atoms with E-state index in [0.29, 0.717) is 16.9 Å². The summed E-state index contributed by atoms with van der Waals surface area (Å²) in [6, 6.07) is 5.18. The Morgan fingerprint density at radius 3 is 2.40 bits per heavy atom. The molecule has 20 heavy (non-hydrogen) atoms. The van der Waals surface area contributed by atoms with E-state index in [1.165, 1.54) is 4.68 Å². The molecule has 6 nitrogen and oxygen atoms in total. The van der Waals surface area contributed by atoms with Crippen molar-refractivity contribution in [2.45, 2.75) is 25.7 Å². The second-order valence-electron chi connectivity index (χ2n) is 4.85.